The highest BCUT2D eigenvalue weighted by molar-refractivity contribution is 5.94. The molecule has 5 nitrogen and oxygen atoms in total. The van der Waals surface area contributed by atoms with Crippen LogP contribution in [0.3, 0.4) is 0 Å². The average Bonchev–Trinajstić information content (AvgIpc) is 3.35. The summed E-state index contributed by atoms with van der Waals surface area (Å²) >= 11 is 0. The fourth-order valence-corrected chi connectivity index (χ4v) is 7.18. The molecule has 4 aromatic rings. The van der Waals surface area contributed by atoms with Crippen molar-refractivity contribution in [3.63, 3.8) is 0 Å². The van der Waals surface area contributed by atoms with Crippen LogP contribution in [0.4, 0.5) is 0 Å². The van der Waals surface area contributed by atoms with Gasteiger partial charge in [-0.2, -0.15) is 0 Å². The van der Waals surface area contributed by atoms with Crippen molar-refractivity contribution in [1.82, 2.24) is 20.2 Å². The number of aryl methyl sites for hydroxylation is 2. The molecule has 7 rings (SSSR count). The van der Waals surface area contributed by atoms with Gasteiger partial charge in [0.15, 0.2) is 0 Å². The maximum atomic E-state index is 14.0. The van der Waals surface area contributed by atoms with Crippen molar-refractivity contribution in [2.45, 2.75) is 77.7 Å². The van der Waals surface area contributed by atoms with Gasteiger partial charge in [0.05, 0.1) is 5.41 Å². The van der Waals surface area contributed by atoms with Gasteiger partial charge in [-0.05, 0) is 138 Å². The lowest BCUT2D eigenvalue weighted by Gasteiger charge is -2.47. The number of fused-ring (bicyclic) bond motifs is 4. The molecule has 3 aliphatic rings. The predicted molar refractivity (Wildman–Crippen MR) is 168 cm³/mol. The molecule has 2 aromatic carbocycles. The second-order valence-corrected chi connectivity index (χ2v) is 13.0. The zero-order valence-corrected chi connectivity index (χ0v) is 25.1. The van der Waals surface area contributed by atoms with Gasteiger partial charge in [0.2, 0.25) is 5.91 Å². The first-order valence-electron chi connectivity index (χ1n) is 15.4. The van der Waals surface area contributed by atoms with E-state index < -0.39 is 5.41 Å². The summed E-state index contributed by atoms with van der Waals surface area (Å²) in [7, 11) is 0. The van der Waals surface area contributed by atoms with E-state index in [9.17, 15) is 4.79 Å². The SMILES string of the molecule is Cc1cc(C)cc(-c2[nH]c3ccc(C(C)(C)C(=O)N4CC5CCC4CC5)cc3c2CCNCCc2cccnc2)c1. The standard InChI is InChI=1S/C36H44N4O/c1-24-18-25(2)20-28(19-24)34-31(14-17-37-16-13-26-6-5-15-38-22-26)32-21-29(9-12-33(32)39-34)36(3,4)35(41)40-23-27-7-10-30(40)11-8-27/h5-6,9,12,15,18-22,27,30,37,39H,7-8,10-11,13-14,16-17,23H2,1-4H3. The molecule has 0 spiro atoms. The zero-order chi connectivity index (χ0) is 28.6. The fourth-order valence-electron chi connectivity index (χ4n) is 7.18. The van der Waals surface area contributed by atoms with Crippen LogP contribution in [0.15, 0.2) is 60.9 Å². The fraction of sp³-hybridized carbons (Fsp3) is 0.444. The predicted octanol–water partition coefficient (Wildman–Crippen LogP) is 6.90. The number of nitrogens with zero attached hydrogens (tertiary/aromatic N) is 2. The Morgan fingerprint density at radius 3 is 2.44 bits per heavy atom. The van der Waals surface area contributed by atoms with Crippen molar-refractivity contribution < 1.29 is 4.79 Å². The van der Waals surface area contributed by atoms with Crippen LogP contribution in [-0.2, 0) is 23.1 Å². The summed E-state index contributed by atoms with van der Waals surface area (Å²) in [6.45, 7) is 11.3. The Hall–Kier alpha value is -3.44. The van der Waals surface area contributed by atoms with Gasteiger partial charge in [-0.15, -0.1) is 0 Å². The Kier molecular flexibility index (Phi) is 7.74. The van der Waals surface area contributed by atoms with Crippen molar-refractivity contribution in [3.05, 3.63) is 88.7 Å². The maximum absolute atomic E-state index is 14.0. The van der Waals surface area contributed by atoms with Gasteiger partial charge in [0.25, 0.3) is 0 Å². The van der Waals surface area contributed by atoms with Gasteiger partial charge in [0.1, 0.15) is 0 Å². The van der Waals surface area contributed by atoms with Gasteiger partial charge >= 0.3 is 0 Å². The number of H-pyrrole nitrogens is 1. The molecule has 2 bridgehead atoms. The number of benzene rings is 2. The summed E-state index contributed by atoms with van der Waals surface area (Å²) in [6.07, 6.45) is 10.5. The Balaban J connectivity index is 1.30. The van der Waals surface area contributed by atoms with Crippen LogP contribution in [0.2, 0.25) is 0 Å². The third-order valence-corrected chi connectivity index (χ3v) is 9.51. The molecule has 2 aromatic heterocycles. The third-order valence-electron chi connectivity index (χ3n) is 9.51. The number of pyridine rings is 1. The summed E-state index contributed by atoms with van der Waals surface area (Å²) in [6, 6.07) is 18.0. The van der Waals surface area contributed by atoms with Crippen molar-refractivity contribution in [3.8, 4) is 11.3 Å². The number of hydrogen-bond acceptors (Lipinski definition) is 3. The number of aromatic amines is 1. The van der Waals surface area contributed by atoms with E-state index >= 15 is 0 Å². The van der Waals surface area contributed by atoms with Crippen LogP contribution in [0, 0.1) is 19.8 Å². The van der Waals surface area contributed by atoms with Gasteiger partial charge in [-0.1, -0.05) is 29.3 Å². The lowest BCUT2D eigenvalue weighted by atomic mass is 9.76. The second-order valence-electron chi connectivity index (χ2n) is 13.0. The summed E-state index contributed by atoms with van der Waals surface area (Å²) in [5.41, 5.74) is 9.19. The van der Waals surface area contributed by atoms with E-state index in [1.165, 1.54) is 64.6 Å². The first kappa shape index (κ1) is 27.7. The van der Waals surface area contributed by atoms with Crippen molar-refractivity contribution in [2.75, 3.05) is 19.6 Å². The van der Waals surface area contributed by atoms with Crippen molar-refractivity contribution >= 4 is 16.8 Å². The van der Waals surface area contributed by atoms with E-state index in [1.54, 1.807) is 0 Å². The number of aromatic nitrogens is 2. The molecular formula is C36H44N4O. The maximum Gasteiger partial charge on any atom is 0.232 e. The Morgan fingerprint density at radius 1 is 1.00 bits per heavy atom. The number of carbonyl (C=O) groups is 1. The Labute approximate surface area is 244 Å². The van der Waals surface area contributed by atoms with E-state index in [0.717, 1.165) is 43.6 Å². The van der Waals surface area contributed by atoms with E-state index in [1.807, 2.05) is 18.5 Å². The first-order valence-corrected chi connectivity index (χ1v) is 15.4. The molecule has 0 atom stereocenters. The number of rotatable bonds is 9. The van der Waals surface area contributed by atoms with Gasteiger partial charge in [0, 0.05) is 41.6 Å². The quantitative estimate of drug-likeness (QED) is 0.224. The summed E-state index contributed by atoms with van der Waals surface area (Å²) < 4.78 is 0. The van der Waals surface area contributed by atoms with Crippen LogP contribution in [0.5, 0.6) is 0 Å². The van der Waals surface area contributed by atoms with Crippen LogP contribution in [0.1, 0.15) is 67.3 Å². The molecule has 0 unspecified atom stereocenters. The molecule has 214 valence electrons. The minimum atomic E-state index is -0.567. The van der Waals surface area contributed by atoms with Crippen LogP contribution >= 0.6 is 0 Å². The molecule has 4 heterocycles. The molecule has 2 N–H and O–H groups in total. The number of hydrogen-bond donors (Lipinski definition) is 2. The van der Waals surface area contributed by atoms with Gasteiger partial charge in [-0.25, -0.2) is 0 Å². The van der Waals surface area contributed by atoms with E-state index in [4.69, 9.17) is 0 Å². The molecular weight excluding hydrogens is 504 g/mol. The smallest absolute Gasteiger partial charge is 0.232 e. The van der Waals surface area contributed by atoms with E-state index in [-0.39, 0.29) is 5.91 Å². The second kappa shape index (κ2) is 11.4. The topological polar surface area (TPSA) is 61.0 Å². The highest BCUT2D eigenvalue weighted by Gasteiger charge is 2.42. The highest BCUT2D eigenvalue weighted by atomic mass is 16.2. The van der Waals surface area contributed by atoms with Gasteiger partial charge < -0.3 is 15.2 Å². The Bertz CT molecular complexity index is 1510. The summed E-state index contributed by atoms with van der Waals surface area (Å²) in [4.78, 5) is 24.2. The molecule has 3 fully saturated rings. The van der Waals surface area contributed by atoms with Crippen molar-refractivity contribution in [2.24, 2.45) is 5.92 Å². The van der Waals surface area contributed by atoms with Crippen molar-refractivity contribution in [1.29, 1.82) is 0 Å². The van der Waals surface area contributed by atoms with Crippen LogP contribution in [0.25, 0.3) is 22.2 Å². The van der Waals surface area contributed by atoms with Gasteiger partial charge in [-0.3, -0.25) is 9.78 Å². The Morgan fingerprint density at radius 2 is 1.76 bits per heavy atom. The van der Waals surface area contributed by atoms with E-state index in [0.29, 0.717) is 12.0 Å². The summed E-state index contributed by atoms with van der Waals surface area (Å²) in [5.74, 6) is 0.972. The molecule has 1 aliphatic carbocycles. The first-order chi connectivity index (χ1) is 19.8. The number of piperidine rings is 2. The average molecular weight is 549 g/mol. The van der Waals surface area contributed by atoms with E-state index in [2.05, 4.69) is 90.3 Å². The molecule has 0 radical (unpaired) electrons. The number of amides is 1. The molecule has 5 heteroatoms. The number of carbonyl (C=O) groups excluding carboxylic acids is 1. The minimum absolute atomic E-state index is 0.287. The number of nitrogens with one attached hydrogen (secondary N) is 2. The van der Waals surface area contributed by atoms with Crippen LogP contribution < -0.4 is 5.32 Å². The monoisotopic (exact) mass is 548 g/mol. The molecule has 2 aliphatic heterocycles. The normalized spacial score (nSPS) is 18.8. The minimum Gasteiger partial charge on any atom is -0.354 e. The third kappa shape index (κ3) is 5.70. The molecule has 41 heavy (non-hydrogen) atoms. The molecule has 2 saturated heterocycles. The lowest BCUT2D eigenvalue weighted by Crippen LogP contribution is -2.55. The highest BCUT2D eigenvalue weighted by Crippen LogP contribution is 2.39. The zero-order valence-electron chi connectivity index (χ0n) is 25.1. The molecule has 1 saturated carbocycles. The molecule has 1 amide bonds. The van der Waals surface area contributed by atoms with Crippen LogP contribution in [-0.4, -0.2) is 46.5 Å². The largest absolute Gasteiger partial charge is 0.354 e. The summed E-state index contributed by atoms with van der Waals surface area (Å²) in [5, 5.41) is 4.89. The lowest BCUT2D eigenvalue weighted by molar-refractivity contribution is -0.144.